The van der Waals surface area contributed by atoms with Gasteiger partial charge in [-0.15, -0.1) is 0 Å². The quantitative estimate of drug-likeness (QED) is 0.592. The number of aryl methyl sites for hydroxylation is 1. The molecule has 1 aromatic heterocycles. The molecule has 58 valence electrons. The highest BCUT2D eigenvalue weighted by Gasteiger charge is 2.00. The lowest BCUT2D eigenvalue weighted by Crippen LogP contribution is -2.01. The van der Waals surface area contributed by atoms with Crippen LogP contribution in [0.4, 0.5) is 5.69 Å². The van der Waals surface area contributed by atoms with Crippen molar-refractivity contribution in [1.29, 1.82) is 5.41 Å². The van der Waals surface area contributed by atoms with E-state index >= 15 is 0 Å². The molecule has 0 saturated carbocycles. The Balaban J connectivity index is 3.20. The first kappa shape index (κ1) is 7.72. The van der Waals surface area contributed by atoms with Crippen LogP contribution >= 0.6 is 0 Å². The lowest BCUT2D eigenvalue weighted by atomic mass is 10.1. The minimum Gasteiger partial charge on any atom is -0.398 e. The van der Waals surface area contributed by atoms with Crippen molar-refractivity contribution >= 4 is 11.4 Å². The van der Waals surface area contributed by atoms with Crippen LogP contribution in [0.2, 0.25) is 0 Å². The molecule has 1 heterocycles. The van der Waals surface area contributed by atoms with Crippen molar-refractivity contribution in [2.75, 3.05) is 5.73 Å². The maximum Gasteiger partial charge on any atom is 0.0439 e. The highest BCUT2D eigenvalue weighted by atomic mass is 14.7. The van der Waals surface area contributed by atoms with Gasteiger partial charge in [-0.05, 0) is 19.9 Å². The van der Waals surface area contributed by atoms with Crippen LogP contribution in [0, 0.1) is 12.3 Å². The summed E-state index contributed by atoms with van der Waals surface area (Å²) >= 11 is 0. The number of nitrogens with two attached hydrogens (primary N) is 1. The first-order valence-corrected chi connectivity index (χ1v) is 3.39. The topological polar surface area (TPSA) is 62.8 Å². The van der Waals surface area contributed by atoms with Gasteiger partial charge < -0.3 is 11.1 Å². The maximum absolute atomic E-state index is 7.33. The zero-order valence-corrected chi connectivity index (χ0v) is 6.68. The van der Waals surface area contributed by atoms with Crippen molar-refractivity contribution < 1.29 is 0 Å². The number of nitrogens with one attached hydrogen (secondary N) is 1. The summed E-state index contributed by atoms with van der Waals surface area (Å²) in [5, 5.41) is 7.33. The van der Waals surface area contributed by atoms with Crippen LogP contribution < -0.4 is 5.73 Å². The van der Waals surface area contributed by atoms with Gasteiger partial charge in [0.25, 0.3) is 0 Å². The first-order valence-electron chi connectivity index (χ1n) is 3.39. The number of anilines is 1. The van der Waals surface area contributed by atoms with E-state index in [0.29, 0.717) is 11.4 Å². The standard InChI is InChI=1S/C8H11N3/c1-5-3-8(10)7(4-11-5)6(2)9/h3-4,9H,1-2H3,(H2,10,11). The Morgan fingerprint density at radius 2 is 2.27 bits per heavy atom. The molecule has 0 bridgehead atoms. The van der Waals surface area contributed by atoms with Crippen molar-refractivity contribution in [1.82, 2.24) is 4.98 Å². The molecule has 3 N–H and O–H groups in total. The van der Waals surface area contributed by atoms with Crippen molar-refractivity contribution in [3.8, 4) is 0 Å². The van der Waals surface area contributed by atoms with E-state index in [1.807, 2.05) is 6.92 Å². The summed E-state index contributed by atoms with van der Waals surface area (Å²) in [7, 11) is 0. The van der Waals surface area contributed by atoms with E-state index in [0.717, 1.165) is 11.3 Å². The highest BCUT2D eigenvalue weighted by molar-refractivity contribution is 6.00. The number of nitrogen functional groups attached to an aromatic ring is 1. The third-order valence-electron chi connectivity index (χ3n) is 1.48. The van der Waals surface area contributed by atoms with Crippen molar-refractivity contribution in [3.63, 3.8) is 0 Å². The molecule has 0 radical (unpaired) electrons. The molecule has 0 atom stereocenters. The van der Waals surface area contributed by atoms with Crippen molar-refractivity contribution in [2.24, 2.45) is 0 Å². The van der Waals surface area contributed by atoms with Gasteiger partial charge in [0, 0.05) is 28.9 Å². The van der Waals surface area contributed by atoms with E-state index < -0.39 is 0 Å². The average molecular weight is 149 g/mol. The van der Waals surface area contributed by atoms with Gasteiger partial charge in [-0.2, -0.15) is 0 Å². The summed E-state index contributed by atoms with van der Waals surface area (Å²) in [5.74, 6) is 0. The fourth-order valence-electron chi connectivity index (χ4n) is 0.894. The SMILES string of the molecule is CC(=N)c1cnc(C)cc1N. The van der Waals surface area contributed by atoms with Crippen LogP contribution in [0.1, 0.15) is 18.2 Å². The minimum absolute atomic E-state index is 0.454. The molecule has 0 amide bonds. The molecule has 0 aliphatic heterocycles. The number of hydrogen-bond acceptors (Lipinski definition) is 3. The summed E-state index contributed by atoms with van der Waals surface area (Å²) in [5.41, 5.74) is 8.32. The van der Waals surface area contributed by atoms with E-state index in [1.165, 1.54) is 0 Å². The lowest BCUT2D eigenvalue weighted by molar-refractivity contribution is 1.19. The lowest BCUT2D eigenvalue weighted by Gasteiger charge is -2.02. The predicted molar refractivity (Wildman–Crippen MR) is 45.9 cm³/mol. The van der Waals surface area contributed by atoms with Crippen LogP contribution in [0.3, 0.4) is 0 Å². The molecule has 0 saturated heterocycles. The fraction of sp³-hybridized carbons (Fsp3) is 0.250. The normalized spacial score (nSPS) is 9.64. The summed E-state index contributed by atoms with van der Waals surface area (Å²) in [6.07, 6.45) is 1.63. The third-order valence-corrected chi connectivity index (χ3v) is 1.48. The Morgan fingerprint density at radius 1 is 1.64 bits per heavy atom. The molecule has 1 rings (SSSR count). The molecular weight excluding hydrogens is 138 g/mol. The van der Waals surface area contributed by atoms with Gasteiger partial charge in [0.15, 0.2) is 0 Å². The fourth-order valence-corrected chi connectivity index (χ4v) is 0.894. The highest BCUT2D eigenvalue weighted by Crippen LogP contribution is 2.11. The van der Waals surface area contributed by atoms with E-state index in [9.17, 15) is 0 Å². The predicted octanol–water partition coefficient (Wildman–Crippen LogP) is 1.36. The third kappa shape index (κ3) is 1.55. The van der Waals surface area contributed by atoms with Gasteiger partial charge >= 0.3 is 0 Å². The number of pyridine rings is 1. The van der Waals surface area contributed by atoms with E-state index in [2.05, 4.69) is 4.98 Å². The second-order valence-corrected chi connectivity index (χ2v) is 2.54. The Hall–Kier alpha value is -1.38. The van der Waals surface area contributed by atoms with Crippen LogP contribution in [-0.4, -0.2) is 10.7 Å². The Morgan fingerprint density at radius 3 is 2.73 bits per heavy atom. The molecule has 3 heteroatoms. The number of hydrogen-bond donors (Lipinski definition) is 2. The molecule has 11 heavy (non-hydrogen) atoms. The second-order valence-electron chi connectivity index (χ2n) is 2.54. The molecule has 1 aromatic rings. The number of rotatable bonds is 1. The summed E-state index contributed by atoms with van der Waals surface area (Å²) in [4.78, 5) is 4.04. The number of nitrogens with zero attached hydrogens (tertiary/aromatic N) is 1. The largest absolute Gasteiger partial charge is 0.398 e. The van der Waals surface area contributed by atoms with Crippen LogP contribution in [0.25, 0.3) is 0 Å². The summed E-state index contributed by atoms with van der Waals surface area (Å²) < 4.78 is 0. The molecule has 0 aliphatic rings. The van der Waals surface area contributed by atoms with Crippen molar-refractivity contribution in [2.45, 2.75) is 13.8 Å². The van der Waals surface area contributed by atoms with Gasteiger partial charge in [-0.25, -0.2) is 0 Å². The Bertz CT molecular complexity index is 291. The molecule has 0 fully saturated rings. The van der Waals surface area contributed by atoms with Crippen molar-refractivity contribution in [3.05, 3.63) is 23.5 Å². The zero-order valence-electron chi connectivity index (χ0n) is 6.68. The molecule has 0 aromatic carbocycles. The second kappa shape index (κ2) is 2.70. The van der Waals surface area contributed by atoms with Gasteiger partial charge in [0.2, 0.25) is 0 Å². The zero-order chi connectivity index (χ0) is 8.43. The van der Waals surface area contributed by atoms with Gasteiger partial charge in [0.1, 0.15) is 0 Å². The van der Waals surface area contributed by atoms with Crippen LogP contribution in [-0.2, 0) is 0 Å². The Kier molecular flexibility index (Phi) is 1.89. The average Bonchev–Trinajstić information content (AvgIpc) is 1.85. The maximum atomic E-state index is 7.33. The van der Waals surface area contributed by atoms with E-state index in [-0.39, 0.29) is 0 Å². The summed E-state index contributed by atoms with van der Waals surface area (Å²) in [6.45, 7) is 3.57. The first-order chi connectivity index (χ1) is 5.11. The molecule has 0 unspecified atom stereocenters. The van der Waals surface area contributed by atoms with Gasteiger partial charge in [0.05, 0.1) is 0 Å². The van der Waals surface area contributed by atoms with Gasteiger partial charge in [-0.1, -0.05) is 0 Å². The molecular formula is C8H11N3. The molecule has 0 aliphatic carbocycles. The molecule has 0 spiro atoms. The summed E-state index contributed by atoms with van der Waals surface area (Å²) in [6, 6.07) is 1.77. The van der Waals surface area contributed by atoms with E-state index in [1.54, 1.807) is 19.2 Å². The Labute approximate surface area is 65.8 Å². The number of aromatic nitrogens is 1. The van der Waals surface area contributed by atoms with Gasteiger partial charge in [-0.3, -0.25) is 4.98 Å². The van der Waals surface area contributed by atoms with E-state index in [4.69, 9.17) is 11.1 Å². The molecule has 3 nitrogen and oxygen atoms in total. The van der Waals surface area contributed by atoms with Crippen LogP contribution in [0.5, 0.6) is 0 Å². The minimum atomic E-state index is 0.454. The monoisotopic (exact) mass is 149 g/mol. The van der Waals surface area contributed by atoms with Crippen LogP contribution in [0.15, 0.2) is 12.3 Å². The smallest absolute Gasteiger partial charge is 0.0439 e.